The Balaban J connectivity index is 1.70. The summed E-state index contributed by atoms with van der Waals surface area (Å²) in [6, 6.07) is 6.43. The van der Waals surface area contributed by atoms with Crippen molar-refractivity contribution >= 4 is 23.0 Å². The van der Waals surface area contributed by atoms with E-state index < -0.39 is 42.1 Å². The Morgan fingerprint density at radius 1 is 1.18 bits per heavy atom. The van der Waals surface area contributed by atoms with E-state index >= 15 is 4.39 Å². The van der Waals surface area contributed by atoms with Crippen molar-refractivity contribution < 1.29 is 37.3 Å². The number of alkyl halides is 1. The predicted molar refractivity (Wildman–Crippen MR) is 162 cm³/mol. The van der Waals surface area contributed by atoms with Gasteiger partial charge in [-0.25, -0.2) is 13.6 Å². The van der Waals surface area contributed by atoms with Crippen LogP contribution in [0.2, 0.25) is 0 Å². The van der Waals surface area contributed by atoms with Gasteiger partial charge in [-0.2, -0.15) is 0 Å². The number of carbonyl (C=O) groups is 2. The molecular weight excluding hydrogens is 575 g/mol. The van der Waals surface area contributed by atoms with Crippen LogP contribution < -0.4 is 4.74 Å². The quantitative estimate of drug-likeness (QED) is 0.246. The Kier molecular flexibility index (Phi) is 10.2. The van der Waals surface area contributed by atoms with Crippen molar-refractivity contribution in [3.63, 3.8) is 0 Å². The average molecular weight is 618 g/mol. The number of hydrogen-bond donors (Lipinski definition) is 2. The number of carboxylic acid groups (broad SMARTS) is 1. The molecule has 1 aliphatic heterocycles. The van der Waals surface area contributed by atoms with Crippen molar-refractivity contribution in [2.24, 2.45) is 5.92 Å². The summed E-state index contributed by atoms with van der Waals surface area (Å²) in [5.41, 5.74) is 2.37. The van der Waals surface area contributed by atoms with Crippen LogP contribution in [0.4, 0.5) is 18.0 Å². The van der Waals surface area contributed by atoms with Crippen LogP contribution in [0.5, 0.6) is 5.75 Å². The largest absolute Gasteiger partial charge is 0.491 e. The van der Waals surface area contributed by atoms with E-state index in [1.165, 1.54) is 29.2 Å². The molecule has 0 unspecified atom stereocenters. The third kappa shape index (κ3) is 7.31. The zero-order valence-corrected chi connectivity index (χ0v) is 26.2. The lowest BCUT2D eigenvalue weighted by Gasteiger charge is -2.42. The number of halogens is 3. The molecule has 0 saturated carbocycles. The Hall–Kier alpha value is -3.73. The molecule has 8 nitrogen and oxygen atoms in total. The lowest BCUT2D eigenvalue weighted by Crippen LogP contribution is -2.46. The van der Waals surface area contributed by atoms with Gasteiger partial charge in [-0.3, -0.25) is 14.1 Å². The van der Waals surface area contributed by atoms with Crippen LogP contribution in [0.1, 0.15) is 69.5 Å². The highest BCUT2D eigenvalue weighted by molar-refractivity contribution is 5.85. The van der Waals surface area contributed by atoms with Crippen molar-refractivity contribution in [3.8, 4) is 5.75 Å². The number of aliphatic carboxylic acids is 1. The van der Waals surface area contributed by atoms with Gasteiger partial charge in [-0.05, 0) is 88.9 Å². The van der Waals surface area contributed by atoms with Gasteiger partial charge in [0.2, 0.25) is 0 Å². The minimum Gasteiger partial charge on any atom is -0.491 e. The number of nitrogens with zero attached hydrogens (tertiary/aromatic N) is 2. The third-order valence-corrected chi connectivity index (χ3v) is 8.00. The lowest BCUT2D eigenvalue weighted by molar-refractivity contribution is -0.142. The van der Waals surface area contributed by atoms with Crippen LogP contribution in [0.25, 0.3) is 10.9 Å². The number of ether oxygens (including phenoxy) is 2. The van der Waals surface area contributed by atoms with Crippen molar-refractivity contribution in [2.75, 3.05) is 32.9 Å². The van der Waals surface area contributed by atoms with Gasteiger partial charge in [0, 0.05) is 41.3 Å². The van der Waals surface area contributed by atoms with Gasteiger partial charge in [-0.15, -0.1) is 0 Å². The molecule has 0 saturated heterocycles. The van der Waals surface area contributed by atoms with E-state index in [-0.39, 0.29) is 44.5 Å². The SMILES string of the molecule is Cc1c(OCCN(CCCF)C(=O)OC(C)(C)C)ccc(F)c1[C@@H]1c2[nH]c3ccc(F)cc3c2C[C@@H](C)N1C[C@H](C)C(=O)O. The number of H-pyrrole nitrogens is 1. The maximum atomic E-state index is 15.9. The van der Waals surface area contributed by atoms with Crippen LogP contribution in [-0.2, 0) is 16.0 Å². The number of rotatable bonds is 11. The van der Waals surface area contributed by atoms with Gasteiger partial charge in [0.15, 0.2) is 0 Å². The molecule has 3 aromatic rings. The second-order valence-corrected chi connectivity index (χ2v) is 12.5. The molecule has 4 rings (SSSR count). The average Bonchev–Trinajstić information content (AvgIpc) is 3.29. The maximum absolute atomic E-state index is 15.9. The molecule has 44 heavy (non-hydrogen) atoms. The fraction of sp³-hybridized carbons (Fsp3) is 0.515. The summed E-state index contributed by atoms with van der Waals surface area (Å²) in [6.45, 7) is 10.5. The molecule has 0 aliphatic carbocycles. The molecule has 240 valence electrons. The number of hydrogen-bond acceptors (Lipinski definition) is 5. The first-order chi connectivity index (χ1) is 20.7. The molecule has 0 spiro atoms. The number of carboxylic acids is 1. The summed E-state index contributed by atoms with van der Waals surface area (Å²) in [5, 5.41) is 10.4. The normalized spacial score (nSPS) is 17.8. The smallest absolute Gasteiger partial charge is 0.410 e. The highest BCUT2D eigenvalue weighted by Crippen LogP contribution is 2.44. The summed E-state index contributed by atoms with van der Waals surface area (Å²) < 4.78 is 54.6. The van der Waals surface area contributed by atoms with Crippen LogP contribution in [0, 0.1) is 24.5 Å². The van der Waals surface area contributed by atoms with E-state index in [1.54, 1.807) is 40.7 Å². The van der Waals surface area contributed by atoms with E-state index in [9.17, 15) is 23.5 Å². The molecular formula is C33H42F3N3O5. The monoisotopic (exact) mass is 617 g/mol. The number of aromatic nitrogens is 1. The molecule has 0 fully saturated rings. The fourth-order valence-corrected chi connectivity index (χ4v) is 5.82. The topological polar surface area (TPSA) is 95.1 Å². The first-order valence-electron chi connectivity index (χ1n) is 15.0. The van der Waals surface area contributed by atoms with Crippen LogP contribution in [-0.4, -0.2) is 76.5 Å². The maximum Gasteiger partial charge on any atom is 0.410 e. The van der Waals surface area contributed by atoms with Gasteiger partial charge in [-0.1, -0.05) is 6.92 Å². The Bertz CT molecular complexity index is 1500. The third-order valence-electron chi connectivity index (χ3n) is 8.00. The van der Waals surface area contributed by atoms with Gasteiger partial charge in [0.05, 0.1) is 25.2 Å². The number of benzene rings is 2. The molecule has 0 bridgehead atoms. The lowest BCUT2D eigenvalue weighted by atomic mass is 9.85. The molecule has 2 aromatic carbocycles. The van der Waals surface area contributed by atoms with E-state index in [0.29, 0.717) is 39.9 Å². The Morgan fingerprint density at radius 2 is 1.91 bits per heavy atom. The fourth-order valence-electron chi connectivity index (χ4n) is 5.82. The molecule has 2 heterocycles. The van der Waals surface area contributed by atoms with Gasteiger partial charge >= 0.3 is 12.1 Å². The molecule has 11 heteroatoms. The number of fused-ring (bicyclic) bond motifs is 3. The van der Waals surface area contributed by atoms with Gasteiger partial charge in [0.25, 0.3) is 0 Å². The molecule has 1 amide bonds. The summed E-state index contributed by atoms with van der Waals surface area (Å²) >= 11 is 0. The van der Waals surface area contributed by atoms with Crippen molar-refractivity contribution in [2.45, 2.75) is 72.1 Å². The zero-order valence-electron chi connectivity index (χ0n) is 26.2. The van der Waals surface area contributed by atoms with Crippen LogP contribution in [0.15, 0.2) is 30.3 Å². The molecule has 3 atom stereocenters. The van der Waals surface area contributed by atoms with Gasteiger partial charge in [0.1, 0.15) is 29.6 Å². The predicted octanol–water partition coefficient (Wildman–Crippen LogP) is 6.79. The second kappa shape index (κ2) is 13.5. The standard InChI is InChI=1S/C33H42F3N3O5/c1-19(31(40)41)18-39-20(2)16-24-23-17-22(35)8-10-26(23)37-29(24)30(39)28-21(3)27(11-9-25(28)36)43-15-14-38(13-7-12-34)32(42)44-33(4,5)6/h8-11,17,19-20,30,37H,7,12-16,18H2,1-6H3,(H,40,41)/t19-,20+,30+/m0/s1. The zero-order chi connectivity index (χ0) is 32.3. The Labute approximate surface area is 256 Å². The van der Waals surface area contributed by atoms with E-state index in [0.717, 1.165) is 5.56 Å². The summed E-state index contributed by atoms with van der Waals surface area (Å²) in [5.74, 6) is -2.17. The number of carbonyl (C=O) groups excluding carboxylic acids is 1. The highest BCUT2D eigenvalue weighted by Gasteiger charge is 2.39. The van der Waals surface area contributed by atoms with E-state index in [1.807, 2.05) is 11.8 Å². The molecule has 1 aromatic heterocycles. The van der Waals surface area contributed by atoms with Crippen molar-refractivity contribution in [3.05, 3.63) is 64.4 Å². The number of aromatic amines is 1. The van der Waals surface area contributed by atoms with Crippen LogP contribution in [0.3, 0.4) is 0 Å². The van der Waals surface area contributed by atoms with Gasteiger partial charge < -0.3 is 24.5 Å². The Morgan fingerprint density at radius 3 is 2.57 bits per heavy atom. The molecule has 1 aliphatic rings. The van der Waals surface area contributed by atoms with Crippen molar-refractivity contribution in [1.82, 2.24) is 14.8 Å². The first-order valence-corrected chi connectivity index (χ1v) is 15.0. The minimum absolute atomic E-state index is 0.0508. The van der Waals surface area contributed by atoms with Crippen molar-refractivity contribution in [1.29, 1.82) is 0 Å². The van der Waals surface area contributed by atoms with Crippen LogP contribution >= 0.6 is 0 Å². The summed E-state index contributed by atoms with van der Waals surface area (Å²) in [7, 11) is 0. The summed E-state index contributed by atoms with van der Waals surface area (Å²) in [6.07, 6.45) is 0.103. The first kappa shape index (κ1) is 33.2. The second-order valence-electron chi connectivity index (χ2n) is 12.5. The van der Waals surface area contributed by atoms with E-state index in [2.05, 4.69) is 4.98 Å². The number of amides is 1. The summed E-state index contributed by atoms with van der Waals surface area (Å²) in [4.78, 5) is 31.3. The molecule has 0 radical (unpaired) electrons. The minimum atomic E-state index is -0.961. The molecule has 2 N–H and O–H groups in total. The van der Waals surface area contributed by atoms with E-state index in [4.69, 9.17) is 9.47 Å². The number of nitrogens with one attached hydrogen (secondary N) is 1. The highest BCUT2D eigenvalue weighted by atomic mass is 19.1.